The molecule has 1 heterocycles. The highest BCUT2D eigenvalue weighted by atomic mass is 32.2. The summed E-state index contributed by atoms with van der Waals surface area (Å²) < 4.78 is 27.7. The summed E-state index contributed by atoms with van der Waals surface area (Å²) in [6, 6.07) is 11.9. The summed E-state index contributed by atoms with van der Waals surface area (Å²) in [4.78, 5) is 23.2. The second-order valence-corrected chi connectivity index (χ2v) is 8.14. The molecule has 0 aliphatic carbocycles. The lowest BCUT2D eigenvalue weighted by Gasteiger charge is -2.16. The van der Waals surface area contributed by atoms with Gasteiger partial charge in [0.1, 0.15) is 6.04 Å². The largest absolute Gasteiger partial charge is 0.480 e. The van der Waals surface area contributed by atoms with E-state index in [1.54, 1.807) is 36.4 Å². The fourth-order valence-corrected chi connectivity index (χ4v) is 4.24. The lowest BCUT2D eigenvalue weighted by atomic mass is 10.1. The Kier molecular flexibility index (Phi) is 5.57. The molecule has 0 bridgehead atoms. The molecular formula is C19H20N2O5S. The Hall–Kier alpha value is -2.71. The number of rotatable bonds is 6. The molecule has 1 aliphatic rings. The number of aliphatic carboxylic acids is 1. The molecular weight excluding hydrogens is 368 g/mol. The van der Waals surface area contributed by atoms with E-state index in [2.05, 4.69) is 10.0 Å². The molecule has 3 rings (SSSR count). The standard InChI is InChI=1S/C19H20N2O5S/c22-18-8-4-7-14-12-15(9-10-16(14)20-18)27(25,26)21-17(19(23)24)11-13-5-2-1-3-6-13/h1-3,5-6,9-10,12,17,21H,4,7-8,11H2,(H,20,22)(H,23,24)/t17-/m0/s1. The van der Waals surface area contributed by atoms with Gasteiger partial charge in [0.05, 0.1) is 4.90 Å². The van der Waals surface area contributed by atoms with Crippen LogP contribution in [-0.2, 0) is 32.5 Å². The van der Waals surface area contributed by atoms with Gasteiger partial charge in [-0.1, -0.05) is 30.3 Å². The molecule has 2 aromatic rings. The number of carbonyl (C=O) groups is 2. The van der Waals surface area contributed by atoms with E-state index in [0.29, 0.717) is 24.9 Å². The highest BCUT2D eigenvalue weighted by Gasteiger charge is 2.26. The molecule has 2 aromatic carbocycles. The van der Waals surface area contributed by atoms with Crippen LogP contribution in [0.5, 0.6) is 0 Å². The average molecular weight is 388 g/mol. The first kappa shape index (κ1) is 19.1. The van der Waals surface area contributed by atoms with Gasteiger partial charge >= 0.3 is 5.97 Å². The summed E-state index contributed by atoms with van der Waals surface area (Å²) >= 11 is 0. The highest BCUT2D eigenvalue weighted by Crippen LogP contribution is 2.25. The van der Waals surface area contributed by atoms with Crippen LogP contribution in [0.1, 0.15) is 24.0 Å². The maximum Gasteiger partial charge on any atom is 0.322 e. The van der Waals surface area contributed by atoms with Crippen molar-refractivity contribution in [3.63, 3.8) is 0 Å². The Bertz CT molecular complexity index is 957. The van der Waals surface area contributed by atoms with Crippen LogP contribution in [0.2, 0.25) is 0 Å². The molecule has 0 saturated heterocycles. The van der Waals surface area contributed by atoms with E-state index in [1.165, 1.54) is 12.1 Å². The Labute approximate surface area is 157 Å². The van der Waals surface area contributed by atoms with E-state index >= 15 is 0 Å². The molecule has 0 spiro atoms. The van der Waals surface area contributed by atoms with Crippen molar-refractivity contribution in [2.45, 2.75) is 36.6 Å². The number of carboxylic acid groups (broad SMARTS) is 1. The first-order valence-corrected chi connectivity index (χ1v) is 10.1. The number of carbonyl (C=O) groups excluding carboxylic acids is 1. The quantitative estimate of drug-likeness (QED) is 0.700. The van der Waals surface area contributed by atoms with E-state index in [1.807, 2.05) is 0 Å². The number of hydrogen-bond donors (Lipinski definition) is 3. The number of nitrogens with one attached hydrogen (secondary N) is 2. The lowest BCUT2D eigenvalue weighted by Crippen LogP contribution is -2.42. The first-order valence-electron chi connectivity index (χ1n) is 8.57. The number of anilines is 1. The predicted octanol–water partition coefficient (Wildman–Crippen LogP) is 1.94. The number of fused-ring (bicyclic) bond motifs is 1. The van der Waals surface area contributed by atoms with Crippen molar-refractivity contribution in [3.05, 3.63) is 59.7 Å². The minimum absolute atomic E-state index is 0.0169. The molecule has 1 amide bonds. The third kappa shape index (κ3) is 4.72. The minimum atomic E-state index is -4.03. The predicted molar refractivity (Wildman–Crippen MR) is 99.9 cm³/mol. The summed E-state index contributed by atoms with van der Waals surface area (Å²) in [6.07, 6.45) is 1.62. The van der Waals surface area contributed by atoms with Gasteiger partial charge in [0, 0.05) is 12.1 Å². The summed E-state index contributed by atoms with van der Waals surface area (Å²) in [6.45, 7) is 0. The van der Waals surface area contributed by atoms with Crippen LogP contribution in [0.4, 0.5) is 5.69 Å². The van der Waals surface area contributed by atoms with Crippen molar-refractivity contribution in [2.75, 3.05) is 5.32 Å². The minimum Gasteiger partial charge on any atom is -0.480 e. The zero-order valence-electron chi connectivity index (χ0n) is 14.5. The molecule has 27 heavy (non-hydrogen) atoms. The molecule has 8 heteroatoms. The number of amides is 1. The van der Waals surface area contributed by atoms with E-state index < -0.39 is 22.0 Å². The monoisotopic (exact) mass is 388 g/mol. The van der Waals surface area contributed by atoms with Crippen LogP contribution < -0.4 is 10.0 Å². The van der Waals surface area contributed by atoms with Gasteiger partial charge in [0.25, 0.3) is 0 Å². The van der Waals surface area contributed by atoms with Gasteiger partial charge < -0.3 is 10.4 Å². The molecule has 1 aliphatic heterocycles. The van der Waals surface area contributed by atoms with Crippen molar-refractivity contribution in [3.8, 4) is 0 Å². The highest BCUT2D eigenvalue weighted by molar-refractivity contribution is 7.89. The van der Waals surface area contributed by atoms with Crippen molar-refractivity contribution < 1.29 is 23.1 Å². The molecule has 0 unspecified atom stereocenters. The first-order chi connectivity index (χ1) is 12.8. The SMILES string of the molecule is O=C1CCCc2cc(S(=O)(=O)N[C@@H](Cc3ccccc3)C(=O)O)ccc2N1. The second kappa shape index (κ2) is 7.89. The van der Waals surface area contributed by atoms with Gasteiger partial charge in [-0.15, -0.1) is 0 Å². The van der Waals surface area contributed by atoms with Gasteiger partial charge in [0.2, 0.25) is 15.9 Å². The number of carboxylic acids is 1. The molecule has 0 radical (unpaired) electrons. The molecule has 0 aromatic heterocycles. The van der Waals surface area contributed by atoms with Crippen LogP contribution in [0.15, 0.2) is 53.4 Å². The smallest absolute Gasteiger partial charge is 0.322 e. The summed E-state index contributed by atoms with van der Waals surface area (Å²) in [7, 11) is -4.03. The van der Waals surface area contributed by atoms with Crippen LogP contribution in [0.3, 0.4) is 0 Å². The number of benzene rings is 2. The summed E-state index contributed by atoms with van der Waals surface area (Å²) in [5, 5.41) is 12.2. The maximum atomic E-state index is 12.7. The van der Waals surface area contributed by atoms with Crippen LogP contribution >= 0.6 is 0 Å². The molecule has 1 atom stereocenters. The Morgan fingerprint density at radius 2 is 1.89 bits per heavy atom. The Morgan fingerprint density at radius 1 is 1.15 bits per heavy atom. The fraction of sp³-hybridized carbons (Fsp3) is 0.263. The topological polar surface area (TPSA) is 113 Å². The fourth-order valence-electron chi connectivity index (χ4n) is 3.00. The molecule has 3 N–H and O–H groups in total. The van der Waals surface area contributed by atoms with Crippen molar-refractivity contribution in [1.82, 2.24) is 4.72 Å². The lowest BCUT2D eigenvalue weighted by molar-refractivity contribution is -0.138. The van der Waals surface area contributed by atoms with Gasteiger partial charge in [-0.05, 0) is 48.6 Å². The third-order valence-corrected chi connectivity index (χ3v) is 5.86. The average Bonchev–Trinajstić information content (AvgIpc) is 2.81. The van der Waals surface area contributed by atoms with E-state index in [-0.39, 0.29) is 17.2 Å². The molecule has 0 fully saturated rings. The maximum absolute atomic E-state index is 12.7. The van der Waals surface area contributed by atoms with E-state index in [0.717, 1.165) is 11.1 Å². The van der Waals surface area contributed by atoms with Crippen LogP contribution in [-0.4, -0.2) is 31.4 Å². The Morgan fingerprint density at radius 3 is 2.59 bits per heavy atom. The zero-order valence-corrected chi connectivity index (χ0v) is 15.3. The van der Waals surface area contributed by atoms with Crippen molar-refractivity contribution in [1.29, 1.82) is 0 Å². The Balaban J connectivity index is 1.83. The van der Waals surface area contributed by atoms with Crippen LogP contribution in [0, 0.1) is 0 Å². The van der Waals surface area contributed by atoms with E-state index in [9.17, 15) is 23.1 Å². The van der Waals surface area contributed by atoms with Crippen molar-refractivity contribution >= 4 is 27.6 Å². The number of hydrogen-bond acceptors (Lipinski definition) is 4. The van der Waals surface area contributed by atoms with Gasteiger partial charge in [-0.2, -0.15) is 4.72 Å². The molecule has 7 nitrogen and oxygen atoms in total. The third-order valence-electron chi connectivity index (χ3n) is 4.39. The molecule has 142 valence electrons. The van der Waals surface area contributed by atoms with Crippen molar-refractivity contribution in [2.24, 2.45) is 0 Å². The van der Waals surface area contributed by atoms with Crippen LogP contribution in [0.25, 0.3) is 0 Å². The second-order valence-electron chi connectivity index (χ2n) is 6.42. The van der Waals surface area contributed by atoms with Gasteiger partial charge in [-0.25, -0.2) is 8.42 Å². The van der Waals surface area contributed by atoms with Gasteiger partial charge in [0.15, 0.2) is 0 Å². The normalized spacial score (nSPS) is 15.3. The molecule has 0 saturated carbocycles. The zero-order chi connectivity index (χ0) is 19.4. The number of aryl methyl sites for hydroxylation is 1. The number of sulfonamides is 1. The van der Waals surface area contributed by atoms with Gasteiger partial charge in [-0.3, -0.25) is 9.59 Å². The van der Waals surface area contributed by atoms with E-state index in [4.69, 9.17) is 0 Å². The summed E-state index contributed by atoms with van der Waals surface area (Å²) in [5.41, 5.74) is 2.03. The summed E-state index contributed by atoms with van der Waals surface area (Å²) in [5.74, 6) is -1.35.